The van der Waals surface area contributed by atoms with Crippen molar-refractivity contribution in [3.8, 4) is 0 Å². The van der Waals surface area contributed by atoms with Gasteiger partial charge in [-0.25, -0.2) is 0 Å². The molecular formula is C10H14O3. The van der Waals surface area contributed by atoms with Crippen LogP contribution in [-0.2, 0) is 16.1 Å². The van der Waals surface area contributed by atoms with E-state index >= 15 is 0 Å². The van der Waals surface area contributed by atoms with Crippen LogP contribution in [0.5, 0.6) is 0 Å². The van der Waals surface area contributed by atoms with E-state index in [9.17, 15) is 4.79 Å². The van der Waals surface area contributed by atoms with E-state index in [1.165, 1.54) is 0 Å². The summed E-state index contributed by atoms with van der Waals surface area (Å²) in [7, 11) is 0. The lowest BCUT2D eigenvalue weighted by atomic mass is 10.2. The summed E-state index contributed by atoms with van der Waals surface area (Å²) in [5.74, 6) is 1.03. The molecule has 0 N–H and O–H groups in total. The van der Waals surface area contributed by atoms with Gasteiger partial charge in [-0.2, -0.15) is 0 Å². The Bertz CT molecular complexity index is 239. The zero-order valence-corrected chi connectivity index (χ0v) is 7.79. The predicted molar refractivity (Wildman–Crippen MR) is 48.3 cm³/mol. The van der Waals surface area contributed by atoms with Gasteiger partial charge >= 0.3 is 0 Å². The smallest absolute Gasteiger partial charge is 0.129 e. The first-order valence-corrected chi connectivity index (χ1v) is 4.38. The Balaban J connectivity index is 1.99. The summed E-state index contributed by atoms with van der Waals surface area (Å²) in [6.45, 7) is 2.69. The maximum Gasteiger partial charge on any atom is 0.129 e. The average Bonchev–Trinajstić information content (AvgIpc) is 2.55. The van der Waals surface area contributed by atoms with Crippen LogP contribution < -0.4 is 0 Å². The molecule has 1 heterocycles. The van der Waals surface area contributed by atoms with Gasteiger partial charge in [0.2, 0.25) is 0 Å². The number of ketones is 1. The van der Waals surface area contributed by atoms with Crippen molar-refractivity contribution < 1.29 is 13.9 Å². The molecule has 0 amide bonds. The standard InChI is InChI=1S/C10H14O3/c1-9(11)4-2-6-12-8-10-5-3-7-13-10/h3,5,7H,2,4,6,8H2,1H3. The van der Waals surface area contributed by atoms with Crippen molar-refractivity contribution in [3.05, 3.63) is 24.2 Å². The van der Waals surface area contributed by atoms with Gasteiger partial charge in [0.25, 0.3) is 0 Å². The van der Waals surface area contributed by atoms with Gasteiger partial charge in [-0.15, -0.1) is 0 Å². The number of furan rings is 1. The maximum absolute atomic E-state index is 10.6. The normalized spacial score (nSPS) is 10.2. The van der Waals surface area contributed by atoms with Crippen LogP contribution in [0.4, 0.5) is 0 Å². The first kappa shape index (κ1) is 9.99. The van der Waals surface area contributed by atoms with Crippen molar-refractivity contribution in [2.45, 2.75) is 26.4 Å². The Morgan fingerprint density at radius 1 is 1.62 bits per heavy atom. The number of rotatable bonds is 6. The van der Waals surface area contributed by atoms with Gasteiger partial charge in [0, 0.05) is 13.0 Å². The predicted octanol–water partition coefficient (Wildman–Crippen LogP) is 2.17. The van der Waals surface area contributed by atoms with E-state index < -0.39 is 0 Å². The zero-order chi connectivity index (χ0) is 9.52. The summed E-state index contributed by atoms with van der Waals surface area (Å²) >= 11 is 0. The van der Waals surface area contributed by atoms with Crippen LogP contribution >= 0.6 is 0 Å². The third kappa shape index (κ3) is 4.48. The Labute approximate surface area is 77.7 Å². The fraction of sp³-hybridized carbons (Fsp3) is 0.500. The molecule has 0 aliphatic carbocycles. The maximum atomic E-state index is 10.6. The number of hydrogen-bond acceptors (Lipinski definition) is 3. The van der Waals surface area contributed by atoms with Gasteiger partial charge in [0.1, 0.15) is 18.2 Å². The molecule has 3 heteroatoms. The lowest BCUT2D eigenvalue weighted by Gasteiger charge is -1.99. The van der Waals surface area contributed by atoms with Gasteiger partial charge < -0.3 is 13.9 Å². The molecule has 0 aromatic carbocycles. The van der Waals surface area contributed by atoms with Crippen molar-refractivity contribution in [2.24, 2.45) is 0 Å². The average molecular weight is 182 g/mol. The second-order valence-corrected chi connectivity index (χ2v) is 2.94. The van der Waals surface area contributed by atoms with Crippen LogP contribution in [-0.4, -0.2) is 12.4 Å². The molecule has 0 radical (unpaired) electrons. The van der Waals surface area contributed by atoms with E-state index in [0.29, 0.717) is 19.6 Å². The first-order valence-electron chi connectivity index (χ1n) is 4.38. The molecule has 0 fully saturated rings. The largest absolute Gasteiger partial charge is 0.467 e. The number of carbonyl (C=O) groups is 1. The van der Waals surface area contributed by atoms with Crippen molar-refractivity contribution in [1.29, 1.82) is 0 Å². The quantitative estimate of drug-likeness (QED) is 0.633. The number of ether oxygens (including phenoxy) is 1. The monoisotopic (exact) mass is 182 g/mol. The van der Waals surface area contributed by atoms with E-state index in [1.54, 1.807) is 13.2 Å². The highest BCUT2D eigenvalue weighted by Gasteiger charge is 1.96. The van der Waals surface area contributed by atoms with Gasteiger partial charge in [-0.3, -0.25) is 0 Å². The molecule has 0 spiro atoms. The van der Waals surface area contributed by atoms with E-state index in [2.05, 4.69) is 0 Å². The molecule has 0 unspecified atom stereocenters. The Morgan fingerprint density at radius 2 is 2.46 bits per heavy atom. The highest BCUT2D eigenvalue weighted by Crippen LogP contribution is 2.02. The number of carbonyl (C=O) groups excluding carboxylic acids is 1. The summed E-state index contributed by atoms with van der Waals surface area (Å²) in [4.78, 5) is 10.6. The van der Waals surface area contributed by atoms with Crippen LogP contribution in [0.1, 0.15) is 25.5 Å². The molecule has 0 atom stereocenters. The van der Waals surface area contributed by atoms with E-state index in [4.69, 9.17) is 9.15 Å². The van der Waals surface area contributed by atoms with Crippen LogP contribution in [0.25, 0.3) is 0 Å². The minimum absolute atomic E-state index is 0.210. The van der Waals surface area contributed by atoms with E-state index in [1.807, 2.05) is 12.1 Å². The summed E-state index contributed by atoms with van der Waals surface area (Å²) < 4.78 is 10.4. The molecule has 1 aromatic rings. The number of hydrogen-bond donors (Lipinski definition) is 0. The Hall–Kier alpha value is -1.09. The second kappa shape index (κ2) is 5.54. The molecule has 1 aromatic heterocycles. The molecule has 0 aliphatic rings. The first-order chi connectivity index (χ1) is 6.29. The molecule has 0 bridgehead atoms. The summed E-state index contributed by atoms with van der Waals surface area (Å²) in [5.41, 5.74) is 0. The molecule has 13 heavy (non-hydrogen) atoms. The van der Waals surface area contributed by atoms with Crippen molar-refractivity contribution in [3.63, 3.8) is 0 Å². The zero-order valence-electron chi connectivity index (χ0n) is 7.79. The Morgan fingerprint density at radius 3 is 3.08 bits per heavy atom. The van der Waals surface area contributed by atoms with Gasteiger partial charge in [0.05, 0.1) is 6.26 Å². The summed E-state index contributed by atoms with van der Waals surface area (Å²) in [6, 6.07) is 3.69. The third-order valence-electron chi connectivity index (χ3n) is 1.64. The molecule has 0 aliphatic heterocycles. The van der Waals surface area contributed by atoms with Crippen LogP contribution in [0.15, 0.2) is 22.8 Å². The molecule has 0 saturated heterocycles. The second-order valence-electron chi connectivity index (χ2n) is 2.94. The molecule has 0 saturated carbocycles. The summed E-state index contributed by atoms with van der Waals surface area (Å²) in [5, 5.41) is 0. The molecule has 3 nitrogen and oxygen atoms in total. The topological polar surface area (TPSA) is 39.4 Å². The number of Topliss-reactive ketones (excluding diaryl/α,β-unsaturated/α-hetero) is 1. The SMILES string of the molecule is CC(=O)CCCOCc1ccco1. The van der Waals surface area contributed by atoms with Crippen molar-refractivity contribution in [1.82, 2.24) is 0 Å². The fourth-order valence-corrected chi connectivity index (χ4v) is 0.991. The van der Waals surface area contributed by atoms with Crippen molar-refractivity contribution in [2.75, 3.05) is 6.61 Å². The fourth-order valence-electron chi connectivity index (χ4n) is 0.991. The molecular weight excluding hydrogens is 168 g/mol. The van der Waals surface area contributed by atoms with Crippen LogP contribution in [0.3, 0.4) is 0 Å². The van der Waals surface area contributed by atoms with Crippen molar-refractivity contribution >= 4 is 5.78 Å². The van der Waals surface area contributed by atoms with E-state index in [-0.39, 0.29) is 5.78 Å². The molecule has 1 rings (SSSR count). The lowest BCUT2D eigenvalue weighted by Crippen LogP contribution is -1.97. The summed E-state index contributed by atoms with van der Waals surface area (Å²) in [6.07, 6.45) is 3.00. The van der Waals surface area contributed by atoms with E-state index in [0.717, 1.165) is 12.2 Å². The minimum atomic E-state index is 0.210. The van der Waals surface area contributed by atoms with Gasteiger partial charge in [0.15, 0.2) is 0 Å². The van der Waals surface area contributed by atoms with Gasteiger partial charge in [-0.1, -0.05) is 0 Å². The highest BCUT2D eigenvalue weighted by molar-refractivity contribution is 5.75. The third-order valence-corrected chi connectivity index (χ3v) is 1.64. The van der Waals surface area contributed by atoms with Crippen LogP contribution in [0, 0.1) is 0 Å². The van der Waals surface area contributed by atoms with Gasteiger partial charge in [-0.05, 0) is 25.5 Å². The minimum Gasteiger partial charge on any atom is -0.467 e. The molecule has 72 valence electrons. The highest BCUT2D eigenvalue weighted by atomic mass is 16.5. The van der Waals surface area contributed by atoms with Crippen LogP contribution in [0.2, 0.25) is 0 Å². The lowest BCUT2D eigenvalue weighted by molar-refractivity contribution is -0.117. The Kier molecular flexibility index (Phi) is 4.26.